The molecular formula is C49H105NO6S. The minimum atomic E-state index is -0.618. The van der Waals surface area contributed by atoms with E-state index in [0.717, 1.165) is 122 Å². The number of rotatable bonds is 41. The monoisotopic (exact) mass is 836 g/mol. The molecule has 0 aliphatic carbocycles. The second-order valence-corrected chi connectivity index (χ2v) is 16.0. The van der Waals surface area contributed by atoms with Gasteiger partial charge in [0.05, 0.1) is 12.5 Å². The molecule has 0 spiro atoms. The van der Waals surface area contributed by atoms with Crippen LogP contribution in [-0.4, -0.2) is 84.8 Å². The first-order valence-corrected chi connectivity index (χ1v) is 25.6. The molecule has 0 bridgehead atoms. The Kier molecular flexibility index (Phi) is 64.1. The Morgan fingerprint density at radius 1 is 0.526 bits per heavy atom. The second-order valence-electron chi connectivity index (χ2n) is 16.0. The van der Waals surface area contributed by atoms with Crippen LogP contribution < -0.4 is 0 Å². The van der Waals surface area contributed by atoms with Crippen molar-refractivity contribution in [2.24, 2.45) is 11.8 Å². The van der Waals surface area contributed by atoms with Crippen molar-refractivity contribution < 1.29 is 29.6 Å². The van der Waals surface area contributed by atoms with Gasteiger partial charge in [-0.1, -0.05) is 170 Å². The van der Waals surface area contributed by atoms with Crippen LogP contribution in [0.3, 0.4) is 0 Å². The predicted octanol–water partition coefficient (Wildman–Crippen LogP) is 13.7. The molecule has 0 aliphatic heterocycles. The molecule has 0 radical (unpaired) electrons. The first kappa shape index (κ1) is 63.3. The van der Waals surface area contributed by atoms with Gasteiger partial charge in [0.2, 0.25) is 0 Å². The van der Waals surface area contributed by atoms with Crippen molar-refractivity contribution in [3.05, 3.63) is 0 Å². The highest BCUT2D eigenvalue weighted by atomic mass is 32.1. The smallest absolute Gasteiger partial charge is 0.308 e. The van der Waals surface area contributed by atoms with Crippen LogP contribution in [0.5, 0.6) is 0 Å². The molecule has 57 heavy (non-hydrogen) atoms. The van der Waals surface area contributed by atoms with Crippen LogP contribution in [0.15, 0.2) is 0 Å². The fraction of sp³-hybridized carbons (Fsp3) is 0.980. The molecule has 0 amide bonds. The normalized spacial score (nSPS) is 12.4. The lowest BCUT2D eigenvalue weighted by Gasteiger charge is -2.22. The van der Waals surface area contributed by atoms with E-state index >= 15 is 0 Å². The third-order valence-corrected chi connectivity index (χ3v) is 10.5. The predicted molar refractivity (Wildman–Crippen MR) is 254 cm³/mol. The summed E-state index contributed by atoms with van der Waals surface area (Å²) in [5, 5.41) is 27.8. The van der Waals surface area contributed by atoms with Crippen LogP contribution in [0.1, 0.15) is 241 Å². The van der Waals surface area contributed by atoms with Crippen molar-refractivity contribution in [3.63, 3.8) is 0 Å². The molecular weight excluding hydrogens is 731 g/mol. The zero-order valence-electron chi connectivity index (χ0n) is 39.9. The molecule has 0 aliphatic rings. The van der Waals surface area contributed by atoms with E-state index < -0.39 is 6.29 Å². The summed E-state index contributed by atoms with van der Waals surface area (Å²) >= 11 is 3.53. The molecule has 0 fully saturated rings. The fourth-order valence-electron chi connectivity index (χ4n) is 6.83. The first-order chi connectivity index (χ1) is 27.9. The summed E-state index contributed by atoms with van der Waals surface area (Å²) in [6.45, 7) is 20.0. The molecule has 0 aromatic rings. The Morgan fingerprint density at radius 2 is 0.930 bits per heavy atom. The summed E-state index contributed by atoms with van der Waals surface area (Å²) in [4.78, 5) is 15.4. The van der Waals surface area contributed by atoms with E-state index in [-0.39, 0.29) is 18.5 Å². The van der Waals surface area contributed by atoms with Crippen LogP contribution in [0.2, 0.25) is 0 Å². The molecule has 0 saturated heterocycles. The summed E-state index contributed by atoms with van der Waals surface area (Å²) < 4.78 is 11.4. The number of unbranched alkanes of at least 4 members (excludes halogenated alkanes) is 19. The Labute approximate surface area is 363 Å². The molecule has 3 atom stereocenters. The highest BCUT2D eigenvalue weighted by molar-refractivity contribution is 7.79. The lowest BCUT2D eigenvalue weighted by molar-refractivity contribution is -0.149. The van der Waals surface area contributed by atoms with Crippen molar-refractivity contribution in [2.75, 3.05) is 52.3 Å². The molecule has 0 saturated carbocycles. The van der Waals surface area contributed by atoms with Crippen LogP contribution in [-0.2, 0) is 14.3 Å². The van der Waals surface area contributed by atoms with Gasteiger partial charge in [0.25, 0.3) is 0 Å². The van der Waals surface area contributed by atoms with Crippen LogP contribution >= 0.6 is 12.6 Å². The maximum Gasteiger partial charge on any atom is 0.308 e. The van der Waals surface area contributed by atoms with Gasteiger partial charge in [-0.3, -0.25) is 4.79 Å². The van der Waals surface area contributed by atoms with E-state index in [4.69, 9.17) is 14.6 Å². The number of esters is 1. The number of carbonyl (C=O) groups is 1. The van der Waals surface area contributed by atoms with E-state index in [9.17, 15) is 15.0 Å². The number of aliphatic hydroxyl groups excluding tert-OH is 3. The van der Waals surface area contributed by atoms with Crippen LogP contribution in [0.25, 0.3) is 0 Å². The number of aliphatic hydroxyl groups is 3. The third-order valence-electron chi connectivity index (χ3n) is 10.5. The van der Waals surface area contributed by atoms with Gasteiger partial charge in [-0.05, 0) is 102 Å². The molecule has 0 aromatic carbocycles. The Hall–Kier alpha value is -0.380. The van der Waals surface area contributed by atoms with Gasteiger partial charge < -0.3 is 29.7 Å². The molecule has 8 heteroatoms. The van der Waals surface area contributed by atoms with Crippen LogP contribution in [0.4, 0.5) is 0 Å². The summed E-state index contributed by atoms with van der Waals surface area (Å²) in [6.07, 6.45) is 35.6. The average molecular weight is 836 g/mol. The summed E-state index contributed by atoms with van der Waals surface area (Å²) in [7, 11) is 0. The lowest BCUT2D eigenvalue weighted by Crippen LogP contribution is -2.27. The van der Waals surface area contributed by atoms with Gasteiger partial charge >= 0.3 is 5.97 Å². The maximum atomic E-state index is 12.9. The minimum absolute atomic E-state index is 0.0528. The molecule has 0 aromatic heterocycles. The van der Waals surface area contributed by atoms with E-state index in [1.165, 1.54) is 89.9 Å². The lowest BCUT2D eigenvalue weighted by atomic mass is 9.94. The number of thiol groups is 1. The number of carbonyl (C=O) groups excluding carboxylic acids is 1. The number of ether oxygens (including phenoxy) is 2. The number of nitrogens with zero attached hydrogens (tertiary/aromatic N) is 1. The summed E-state index contributed by atoms with van der Waals surface area (Å²) in [5.41, 5.74) is 0. The number of hydrogen-bond acceptors (Lipinski definition) is 8. The molecule has 0 rings (SSSR count). The van der Waals surface area contributed by atoms with Gasteiger partial charge in [0, 0.05) is 19.8 Å². The van der Waals surface area contributed by atoms with E-state index in [2.05, 4.69) is 52.1 Å². The quantitative estimate of drug-likeness (QED) is 0.0211. The molecule has 3 N–H and O–H groups in total. The molecule has 3 unspecified atom stereocenters. The fourth-order valence-corrected chi connectivity index (χ4v) is 6.83. The van der Waals surface area contributed by atoms with Crippen LogP contribution in [0, 0.1) is 11.8 Å². The minimum Gasteiger partial charge on any atom is -0.465 e. The van der Waals surface area contributed by atoms with Gasteiger partial charge in [0.1, 0.15) is 0 Å². The van der Waals surface area contributed by atoms with Gasteiger partial charge in [-0.15, -0.1) is 0 Å². The SMILES string of the molecule is CC.CCCC(C)CO.CCCCCCCCOC(O)CCCCCN(CCCCO)CCCCCCOC(=O)C(CCCCCC)CCCCCCCC.CS. The van der Waals surface area contributed by atoms with Gasteiger partial charge in [0.15, 0.2) is 6.29 Å². The standard InChI is InChI=1S/C40H81NO5.C6H14O.C2H6.CH4S/c1-4-7-10-13-15-21-30-38(29-20-12-9-6-3)40(44)46-37-28-18-16-23-32-41(34-25-26-35-42)33-24-19-22-31-39(43)45-36-27-17-14-11-8-5-2;1-3-4-6(2)5-7;2*1-2/h38-39,42-43H,4-37H2,1-3H3;6-7H,3-5H2,1-2H3;1-2H3;2H,1H3. The first-order valence-electron chi connectivity index (χ1n) is 24.7. The summed E-state index contributed by atoms with van der Waals surface area (Å²) in [6, 6.07) is 0. The van der Waals surface area contributed by atoms with Crippen molar-refractivity contribution >= 4 is 18.6 Å². The molecule has 348 valence electrons. The van der Waals surface area contributed by atoms with Gasteiger partial charge in [-0.25, -0.2) is 0 Å². The zero-order chi connectivity index (χ0) is 43.5. The highest BCUT2D eigenvalue weighted by Crippen LogP contribution is 2.21. The van der Waals surface area contributed by atoms with Crippen molar-refractivity contribution in [3.8, 4) is 0 Å². The Morgan fingerprint density at radius 3 is 1.40 bits per heavy atom. The zero-order valence-corrected chi connectivity index (χ0v) is 40.8. The maximum absolute atomic E-state index is 12.9. The largest absolute Gasteiger partial charge is 0.465 e. The molecule has 7 nitrogen and oxygen atoms in total. The van der Waals surface area contributed by atoms with E-state index in [0.29, 0.717) is 25.7 Å². The van der Waals surface area contributed by atoms with E-state index in [1.807, 2.05) is 13.8 Å². The Balaban J connectivity index is -0.00000113. The van der Waals surface area contributed by atoms with E-state index in [1.54, 1.807) is 6.26 Å². The summed E-state index contributed by atoms with van der Waals surface area (Å²) in [5.74, 6) is 0.651. The molecule has 0 heterocycles. The third kappa shape index (κ3) is 53.6. The Bertz CT molecular complexity index is 703. The number of hydrogen-bond donors (Lipinski definition) is 4. The second kappa shape index (κ2) is 57.7. The average Bonchev–Trinajstić information content (AvgIpc) is 3.23. The highest BCUT2D eigenvalue weighted by Gasteiger charge is 2.19. The van der Waals surface area contributed by atoms with Crippen molar-refractivity contribution in [1.29, 1.82) is 0 Å². The van der Waals surface area contributed by atoms with Crippen molar-refractivity contribution in [1.82, 2.24) is 4.90 Å². The van der Waals surface area contributed by atoms with Gasteiger partial charge in [-0.2, -0.15) is 12.6 Å². The topological polar surface area (TPSA) is 99.5 Å². The van der Waals surface area contributed by atoms with Crippen molar-refractivity contribution in [2.45, 2.75) is 247 Å².